The summed E-state index contributed by atoms with van der Waals surface area (Å²) in [7, 11) is -4.29. The maximum Gasteiger partial charge on any atom is 0.417 e. The number of hydrogen-bond acceptors (Lipinski definition) is 5. The quantitative estimate of drug-likeness (QED) is 0.631. The van der Waals surface area contributed by atoms with Gasteiger partial charge in [0, 0.05) is 31.6 Å². The van der Waals surface area contributed by atoms with E-state index in [0.717, 1.165) is 33.1 Å². The molecule has 1 fully saturated rings. The zero-order chi connectivity index (χ0) is 24.0. The van der Waals surface area contributed by atoms with Gasteiger partial charge in [-0.05, 0) is 48.9 Å². The van der Waals surface area contributed by atoms with Crippen LogP contribution in [0.25, 0.3) is 0 Å². The van der Waals surface area contributed by atoms with Gasteiger partial charge in [-0.25, -0.2) is 8.42 Å². The van der Waals surface area contributed by atoms with Gasteiger partial charge in [0.05, 0.1) is 22.7 Å². The Kier molecular flexibility index (Phi) is 7.89. The smallest absolute Gasteiger partial charge is 0.417 e. The minimum absolute atomic E-state index is 0. The van der Waals surface area contributed by atoms with Crippen molar-refractivity contribution in [3.63, 3.8) is 0 Å². The highest BCUT2D eigenvalue weighted by molar-refractivity contribution is 7.89. The molecule has 0 saturated carbocycles. The molecule has 11 heteroatoms. The van der Waals surface area contributed by atoms with Gasteiger partial charge in [0.15, 0.2) is 0 Å². The van der Waals surface area contributed by atoms with Crippen molar-refractivity contribution in [2.24, 2.45) is 11.7 Å². The molecule has 4 rings (SSSR count). The molecule has 0 radical (unpaired) electrons. The first-order valence-corrected chi connectivity index (χ1v) is 12.3. The minimum atomic E-state index is -4.76. The largest absolute Gasteiger partial charge is 0.507 e. The SMILES string of the molecule is Cc1ccc2c(c1O)C[C@@H](C1CCN(S(=O)(=O)c3ccccc3C(F)(F)F)CC1)O[C@H]2CN.Cl. The Morgan fingerprint density at radius 3 is 2.41 bits per heavy atom. The fourth-order valence-electron chi connectivity index (χ4n) is 4.83. The maximum absolute atomic E-state index is 13.4. The summed E-state index contributed by atoms with van der Waals surface area (Å²) in [6.07, 6.45) is -4.03. The van der Waals surface area contributed by atoms with E-state index in [1.54, 1.807) is 0 Å². The van der Waals surface area contributed by atoms with Gasteiger partial charge >= 0.3 is 6.18 Å². The Labute approximate surface area is 203 Å². The maximum atomic E-state index is 13.4. The number of phenols is 1. The third kappa shape index (κ3) is 4.92. The number of piperidine rings is 1. The molecule has 6 nitrogen and oxygen atoms in total. The molecule has 2 aromatic carbocycles. The van der Waals surface area contributed by atoms with E-state index in [1.807, 2.05) is 19.1 Å². The Bertz CT molecular complexity index is 1140. The predicted molar refractivity (Wildman–Crippen MR) is 123 cm³/mol. The van der Waals surface area contributed by atoms with Crippen LogP contribution in [0, 0.1) is 12.8 Å². The number of nitrogens with zero attached hydrogens (tertiary/aromatic N) is 1. The molecule has 2 aliphatic heterocycles. The van der Waals surface area contributed by atoms with Crippen molar-refractivity contribution in [2.75, 3.05) is 19.6 Å². The van der Waals surface area contributed by atoms with Crippen LogP contribution in [0.15, 0.2) is 41.3 Å². The van der Waals surface area contributed by atoms with Crippen LogP contribution in [0.2, 0.25) is 0 Å². The van der Waals surface area contributed by atoms with E-state index in [1.165, 1.54) is 12.1 Å². The van der Waals surface area contributed by atoms with Crippen molar-refractivity contribution < 1.29 is 31.4 Å². The number of alkyl halides is 3. The van der Waals surface area contributed by atoms with Gasteiger partial charge in [0.2, 0.25) is 10.0 Å². The Morgan fingerprint density at radius 2 is 1.79 bits per heavy atom. The fourth-order valence-corrected chi connectivity index (χ4v) is 6.51. The van der Waals surface area contributed by atoms with Crippen LogP contribution < -0.4 is 5.73 Å². The van der Waals surface area contributed by atoms with Crippen LogP contribution in [0.3, 0.4) is 0 Å². The lowest BCUT2D eigenvalue weighted by Gasteiger charge is -2.40. The fraction of sp³-hybridized carbons (Fsp3) is 0.478. The van der Waals surface area contributed by atoms with Crippen molar-refractivity contribution in [2.45, 2.75) is 49.5 Å². The molecule has 2 aliphatic rings. The second-order valence-electron chi connectivity index (χ2n) is 8.64. The summed E-state index contributed by atoms with van der Waals surface area (Å²) in [4.78, 5) is -0.720. The van der Waals surface area contributed by atoms with E-state index >= 15 is 0 Å². The molecular weight excluding hydrogens is 493 g/mol. The first-order valence-electron chi connectivity index (χ1n) is 10.9. The Balaban J connectivity index is 0.00000324. The van der Waals surface area contributed by atoms with E-state index in [-0.39, 0.29) is 55.9 Å². The Morgan fingerprint density at radius 1 is 1.15 bits per heavy atom. The van der Waals surface area contributed by atoms with Gasteiger partial charge < -0.3 is 15.6 Å². The summed E-state index contributed by atoms with van der Waals surface area (Å²) in [5, 5.41) is 10.6. The predicted octanol–water partition coefficient (Wildman–Crippen LogP) is 4.18. The van der Waals surface area contributed by atoms with E-state index in [0.29, 0.717) is 19.3 Å². The molecule has 0 aromatic heterocycles. The average Bonchev–Trinajstić information content (AvgIpc) is 2.80. The summed E-state index contributed by atoms with van der Waals surface area (Å²) in [5.74, 6) is 0.222. The number of halogens is 4. The highest BCUT2D eigenvalue weighted by atomic mass is 35.5. The molecule has 0 bridgehead atoms. The number of ether oxygens (including phenoxy) is 1. The second kappa shape index (κ2) is 10.0. The first-order chi connectivity index (χ1) is 15.5. The molecule has 188 valence electrons. The number of nitrogens with two attached hydrogens (primary N) is 1. The number of rotatable bonds is 4. The lowest BCUT2D eigenvalue weighted by Crippen LogP contribution is -2.44. The van der Waals surface area contributed by atoms with Crippen LogP contribution in [0.1, 0.15) is 41.2 Å². The molecule has 2 aromatic rings. The van der Waals surface area contributed by atoms with E-state index in [9.17, 15) is 26.7 Å². The molecule has 34 heavy (non-hydrogen) atoms. The summed E-state index contributed by atoms with van der Waals surface area (Å²) in [6, 6.07) is 7.99. The summed E-state index contributed by atoms with van der Waals surface area (Å²) < 4.78 is 73.5. The number of aromatic hydroxyl groups is 1. The van der Waals surface area contributed by atoms with Gasteiger partial charge in [0.1, 0.15) is 5.75 Å². The number of phenolic OH excluding ortho intramolecular Hbond substituents is 1. The molecule has 2 atom stereocenters. The highest BCUT2D eigenvalue weighted by Gasteiger charge is 2.41. The number of hydrogen-bond donors (Lipinski definition) is 2. The molecule has 0 spiro atoms. The van der Waals surface area contributed by atoms with Crippen LogP contribution in [-0.2, 0) is 27.4 Å². The standard InChI is InChI=1S/C23H27F3N2O4S.ClH/c1-14-6-7-16-17(22(14)29)12-19(32-20(16)13-27)15-8-10-28(11-9-15)33(30,31)21-5-3-2-4-18(21)23(24,25)26;/h2-7,15,19-20,29H,8-13,27H2,1H3;1H/t19-,20-;/m0./s1. The number of benzene rings is 2. The second-order valence-corrected chi connectivity index (χ2v) is 10.5. The molecule has 0 unspecified atom stereocenters. The van der Waals surface area contributed by atoms with Gasteiger partial charge in [-0.3, -0.25) is 0 Å². The molecule has 2 heterocycles. The van der Waals surface area contributed by atoms with Crippen molar-refractivity contribution in [1.82, 2.24) is 4.31 Å². The zero-order valence-electron chi connectivity index (χ0n) is 18.6. The van der Waals surface area contributed by atoms with Crippen molar-refractivity contribution >= 4 is 22.4 Å². The normalized spacial score (nSPS) is 22.1. The van der Waals surface area contributed by atoms with Gasteiger partial charge in [0.25, 0.3) is 0 Å². The third-order valence-electron chi connectivity index (χ3n) is 6.66. The summed E-state index contributed by atoms with van der Waals surface area (Å²) in [5.41, 5.74) is 7.17. The van der Waals surface area contributed by atoms with Gasteiger partial charge in [-0.15, -0.1) is 12.4 Å². The average molecular weight is 521 g/mol. The number of sulfonamides is 1. The monoisotopic (exact) mass is 520 g/mol. The lowest BCUT2D eigenvalue weighted by atomic mass is 9.83. The molecule has 1 saturated heterocycles. The lowest BCUT2D eigenvalue weighted by molar-refractivity contribution is -0.139. The zero-order valence-corrected chi connectivity index (χ0v) is 20.2. The van der Waals surface area contributed by atoms with E-state index < -0.39 is 26.7 Å². The third-order valence-corrected chi connectivity index (χ3v) is 8.62. The van der Waals surface area contributed by atoms with Crippen LogP contribution in [0.5, 0.6) is 5.75 Å². The van der Waals surface area contributed by atoms with Crippen molar-refractivity contribution in [1.29, 1.82) is 0 Å². The molecule has 0 aliphatic carbocycles. The van der Waals surface area contributed by atoms with E-state index in [2.05, 4.69) is 0 Å². The van der Waals surface area contributed by atoms with Crippen LogP contribution in [-0.4, -0.2) is 43.6 Å². The number of fused-ring (bicyclic) bond motifs is 1. The molecular formula is C23H28ClF3N2O4S. The summed E-state index contributed by atoms with van der Waals surface area (Å²) >= 11 is 0. The van der Waals surface area contributed by atoms with Crippen molar-refractivity contribution in [3.8, 4) is 5.75 Å². The highest BCUT2D eigenvalue weighted by Crippen LogP contribution is 2.41. The topological polar surface area (TPSA) is 92.9 Å². The van der Waals surface area contributed by atoms with Crippen LogP contribution in [0.4, 0.5) is 13.2 Å². The number of aryl methyl sites for hydroxylation is 1. The van der Waals surface area contributed by atoms with E-state index in [4.69, 9.17) is 10.5 Å². The van der Waals surface area contributed by atoms with Crippen LogP contribution >= 0.6 is 12.4 Å². The molecule has 0 amide bonds. The molecule has 3 N–H and O–H groups in total. The minimum Gasteiger partial charge on any atom is -0.507 e. The Hall–Kier alpha value is -1.85. The van der Waals surface area contributed by atoms with Gasteiger partial charge in [-0.2, -0.15) is 17.5 Å². The summed E-state index contributed by atoms with van der Waals surface area (Å²) in [6.45, 7) is 2.26. The van der Waals surface area contributed by atoms with Crippen molar-refractivity contribution in [3.05, 3.63) is 58.7 Å². The first kappa shape index (κ1) is 26.7. The van der Waals surface area contributed by atoms with Gasteiger partial charge in [-0.1, -0.05) is 24.3 Å².